The normalized spacial score (nSPS) is 10.8. The van der Waals surface area contributed by atoms with Gasteiger partial charge in [-0.3, -0.25) is 15.1 Å². The van der Waals surface area contributed by atoms with Gasteiger partial charge in [0.25, 0.3) is 5.69 Å². The van der Waals surface area contributed by atoms with Crippen LogP contribution in [-0.4, -0.2) is 37.9 Å². The number of anilines is 1. The molecule has 0 aliphatic rings. The average Bonchev–Trinajstić information content (AvgIpc) is 3.14. The molecule has 2 heterocycles. The fraction of sp³-hybridized carbons (Fsp3) is 0.136. The molecule has 31 heavy (non-hydrogen) atoms. The Hall–Kier alpha value is -4.27. The lowest BCUT2D eigenvalue weighted by Crippen LogP contribution is -2.31. The molecule has 2 amide bonds. The predicted molar refractivity (Wildman–Crippen MR) is 118 cm³/mol. The molecule has 0 atom stereocenters. The summed E-state index contributed by atoms with van der Waals surface area (Å²) in [6, 6.07) is 13.5. The molecule has 0 fully saturated rings. The molecule has 0 aliphatic carbocycles. The van der Waals surface area contributed by atoms with Crippen molar-refractivity contribution >= 4 is 28.2 Å². The Morgan fingerprint density at radius 3 is 2.84 bits per heavy atom. The maximum absolute atomic E-state index is 12.7. The summed E-state index contributed by atoms with van der Waals surface area (Å²) in [7, 11) is 1.67. The third-order valence-corrected chi connectivity index (χ3v) is 4.92. The van der Waals surface area contributed by atoms with Crippen molar-refractivity contribution in [2.45, 2.75) is 13.5 Å². The van der Waals surface area contributed by atoms with Gasteiger partial charge in [0.15, 0.2) is 0 Å². The maximum Gasteiger partial charge on any atom is 0.322 e. The Morgan fingerprint density at radius 1 is 1.23 bits per heavy atom. The minimum atomic E-state index is -0.437. The molecule has 0 aliphatic heterocycles. The Balaban J connectivity index is 1.50. The van der Waals surface area contributed by atoms with Gasteiger partial charge in [-0.25, -0.2) is 9.78 Å². The number of hydrogen-bond acceptors (Lipinski definition) is 5. The van der Waals surface area contributed by atoms with Crippen LogP contribution < -0.4 is 5.32 Å². The van der Waals surface area contributed by atoms with Crippen LogP contribution in [0.25, 0.3) is 22.0 Å². The van der Waals surface area contributed by atoms with Crippen molar-refractivity contribution in [1.82, 2.24) is 19.9 Å². The monoisotopic (exact) mass is 416 g/mol. The van der Waals surface area contributed by atoms with Crippen LogP contribution in [0.5, 0.6) is 0 Å². The van der Waals surface area contributed by atoms with E-state index in [0.717, 1.165) is 16.5 Å². The molecule has 2 aromatic carbocycles. The molecule has 2 aromatic heterocycles. The first kappa shape index (κ1) is 20.0. The number of aromatic nitrogens is 3. The molecule has 9 nitrogen and oxygen atoms in total. The van der Waals surface area contributed by atoms with Crippen LogP contribution in [0, 0.1) is 17.0 Å². The van der Waals surface area contributed by atoms with E-state index in [0.29, 0.717) is 22.8 Å². The first-order valence-electron chi connectivity index (χ1n) is 9.57. The summed E-state index contributed by atoms with van der Waals surface area (Å²) in [6.45, 7) is 2.09. The van der Waals surface area contributed by atoms with E-state index >= 15 is 0 Å². The number of imidazole rings is 1. The van der Waals surface area contributed by atoms with E-state index in [4.69, 9.17) is 0 Å². The van der Waals surface area contributed by atoms with Crippen LogP contribution >= 0.6 is 0 Å². The summed E-state index contributed by atoms with van der Waals surface area (Å²) in [5.41, 5.74) is 2.73. The Bertz CT molecular complexity index is 1280. The molecular weight excluding hydrogens is 396 g/mol. The van der Waals surface area contributed by atoms with Crippen molar-refractivity contribution in [2.24, 2.45) is 0 Å². The number of urea groups is 1. The van der Waals surface area contributed by atoms with Crippen molar-refractivity contribution in [3.8, 4) is 11.3 Å². The minimum Gasteiger partial charge on any atom is -0.344 e. The molecule has 9 heteroatoms. The van der Waals surface area contributed by atoms with Crippen molar-refractivity contribution in [2.75, 3.05) is 12.4 Å². The van der Waals surface area contributed by atoms with Gasteiger partial charge < -0.3 is 15.2 Å². The zero-order valence-electron chi connectivity index (χ0n) is 17.0. The molecule has 4 rings (SSSR count). The fourth-order valence-corrected chi connectivity index (χ4v) is 3.38. The number of nitrogens with zero attached hydrogens (tertiary/aromatic N) is 4. The highest BCUT2D eigenvalue weighted by Crippen LogP contribution is 2.26. The highest BCUT2D eigenvalue weighted by Gasteiger charge is 2.16. The fourth-order valence-electron chi connectivity index (χ4n) is 3.38. The highest BCUT2D eigenvalue weighted by atomic mass is 16.6. The third kappa shape index (κ3) is 4.20. The van der Waals surface area contributed by atoms with Crippen LogP contribution in [-0.2, 0) is 6.54 Å². The molecule has 4 aromatic rings. The molecule has 0 saturated carbocycles. The number of H-pyrrole nitrogens is 1. The molecule has 0 unspecified atom stereocenters. The topological polar surface area (TPSA) is 117 Å². The van der Waals surface area contributed by atoms with E-state index in [1.54, 1.807) is 31.6 Å². The summed E-state index contributed by atoms with van der Waals surface area (Å²) < 4.78 is 0. The highest BCUT2D eigenvalue weighted by molar-refractivity contribution is 6.01. The lowest BCUT2D eigenvalue weighted by atomic mass is 10.1. The maximum atomic E-state index is 12.7. The quantitative estimate of drug-likeness (QED) is 0.367. The van der Waals surface area contributed by atoms with Crippen molar-refractivity contribution in [3.63, 3.8) is 0 Å². The molecule has 0 spiro atoms. The summed E-state index contributed by atoms with van der Waals surface area (Å²) >= 11 is 0. The molecule has 0 saturated heterocycles. The number of fused-ring (bicyclic) bond motifs is 1. The molecule has 0 bridgehead atoms. The van der Waals surface area contributed by atoms with Gasteiger partial charge in [-0.1, -0.05) is 24.3 Å². The van der Waals surface area contributed by atoms with Crippen molar-refractivity contribution in [1.29, 1.82) is 0 Å². The van der Waals surface area contributed by atoms with Gasteiger partial charge in [0, 0.05) is 53.6 Å². The zero-order valence-corrected chi connectivity index (χ0v) is 17.0. The van der Waals surface area contributed by atoms with Gasteiger partial charge in [0.05, 0.1) is 22.8 Å². The number of carbonyl (C=O) groups excluding carboxylic acids is 1. The number of pyridine rings is 1. The zero-order chi connectivity index (χ0) is 22.0. The summed E-state index contributed by atoms with van der Waals surface area (Å²) in [5, 5.41) is 15.8. The molecular formula is C22H20N6O3. The number of rotatable bonds is 5. The first-order valence-corrected chi connectivity index (χ1v) is 9.57. The van der Waals surface area contributed by atoms with Gasteiger partial charge >= 0.3 is 6.03 Å². The van der Waals surface area contributed by atoms with E-state index in [1.807, 2.05) is 31.2 Å². The van der Waals surface area contributed by atoms with Crippen molar-refractivity contribution < 1.29 is 9.72 Å². The number of nitro benzene ring substituents is 1. The van der Waals surface area contributed by atoms with Gasteiger partial charge in [0.2, 0.25) is 0 Å². The van der Waals surface area contributed by atoms with Crippen LogP contribution in [0.2, 0.25) is 0 Å². The van der Waals surface area contributed by atoms with Gasteiger partial charge in [-0.2, -0.15) is 0 Å². The van der Waals surface area contributed by atoms with Crippen LogP contribution in [0.3, 0.4) is 0 Å². The van der Waals surface area contributed by atoms with Crippen LogP contribution in [0.15, 0.2) is 60.9 Å². The van der Waals surface area contributed by atoms with E-state index in [-0.39, 0.29) is 18.3 Å². The molecule has 156 valence electrons. The number of nitro groups is 1. The van der Waals surface area contributed by atoms with E-state index in [9.17, 15) is 14.9 Å². The Morgan fingerprint density at radius 2 is 2.03 bits per heavy atom. The second-order valence-electron chi connectivity index (χ2n) is 7.15. The number of amides is 2. The number of nitrogens with one attached hydrogen (secondary N) is 2. The number of benzene rings is 2. The number of aromatic amines is 1. The smallest absolute Gasteiger partial charge is 0.322 e. The summed E-state index contributed by atoms with van der Waals surface area (Å²) in [5.74, 6) is 0.582. The number of non-ortho nitro benzene ring substituents is 1. The average molecular weight is 416 g/mol. The third-order valence-electron chi connectivity index (χ3n) is 4.92. The number of carbonyl (C=O) groups is 1. The van der Waals surface area contributed by atoms with E-state index < -0.39 is 4.92 Å². The Kier molecular flexibility index (Phi) is 5.31. The second kappa shape index (κ2) is 8.23. The lowest BCUT2D eigenvalue weighted by molar-refractivity contribution is -0.384. The molecule has 2 N–H and O–H groups in total. The standard InChI is InChI=1S/C22H20N6O3/c1-14-21(15-5-3-7-17(11-15)28(30)31)26-20(24-14)13-27(2)22(29)25-19-8-4-6-16-12-23-10-9-18(16)19/h3-12H,13H2,1-2H3,(H,24,26)(H,25,29). The minimum absolute atomic E-state index is 0.00299. The SMILES string of the molecule is Cc1[nH]c(CN(C)C(=O)Nc2cccc3cnccc23)nc1-c1cccc([N+](=O)[O-])c1. The number of aryl methyl sites for hydroxylation is 1. The van der Waals surface area contributed by atoms with Gasteiger partial charge in [0.1, 0.15) is 5.82 Å². The largest absolute Gasteiger partial charge is 0.344 e. The lowest BCUT2D eigenvalue weighted by Gasteiger charge is -2.17. The van der Waals surface area contributed by atoms with Gasteiger partial charge in [-0.15, -0.1) is 0 Å². The first-order chi connectivity index (χ1) is 14.9. The summed E-state index contributed by atoms with van der Waals surface area (Å²) in [4.78, 5) is 36.7. The van der Waals surface area contributed by atoms with E-state index in [2.05, 4.69) is 20.3 Å². The molecule has 0 radical (unpaired) electrons. The van der Waals surface area contributed by atoms with Crippen molar-refractivity contribution in [3.05, 3.63) is 82.6 Å². The van der Waals surface area contributed by atoms with Gasteiger partial charge in [-0.05, 0) is 19.1 Å². The van der Waals surface area contributed by atoms with Crippen LogP contribution in [0.4, 0.5) is 16.2 Å². The summed E-state index contributed by atoms with van der Waals surface area (Å²) in [6.07, 6.45) is 3.43. The van der Waals surface area contributed by atoms with Crippen LogP contribution in [0.1, 0.15) is 11.5 Å². The number of hydrogen-bond donors (Lipinski definition) is 2. The Labute approximate surface area is 177 Å². The van der Waals surface area contributed by atoms with E-state index in [1.165, 1.54) is 17.0 Å². The second-order valence-corrected chi connectivity index (χ2v) is 7.15. The predicted octanol–water partition coefficient (Wildman–Crippen LogP) is 4.51.